The van der Waals surface area contributed by atoms with E-state index in [0.717, 1.165) is 23.4 Å². The zero-order valence-corrected chi connectivity index (χ0v) is 13.3. The Hall–Kier alpha value is -1.22. The summed E-state index contributed by atoms with van der Waals surface area (Å²) in [5.41, 5.74) is 9.26. The lowest BCUT2D eigenvalue weighted by Gasteiger charge is -2.33. The summed E-state index contributed by atoms with van der Waals surface area (Å²) in [4.78, 5) is 0. The minimum atomic E-state index is 0.167. The molecular formula is C18H27NO2. The Bertz CT molecular complexity index is 483. The van der Waals surface area contributed by atoms with Crippen LogP contribution in [0.5, 0.6) is 5.75 Å². The highest BCUT2D eigenvalue weighted by molar-refractivity contribution is 5.58. The van der Waals surface area contributed by atoms with Crippen molar-refractivity contribution in [2.75, 3.05) is 12.3 Å². The minimum absolute atomic E-state index is 0.167. The summed E-state index contributed by atoms with van der Waals surface area (Å²) in [6.07, 6.45) is 9.00. The van der Waals surface area contributed by atoms with Crippen molar-refractivity contribution in [3.8, 4) is 5.75 Å². The number of ether oxygens (including phenoxy) is 2. The molecule has 3 rings (SSSR count). The van der Waals surface area contributed by atoms with E-state index in [1.807, 2.05) is 6.07 Å². The Balaban J connectivity index is 1.59. The second-order valence-electron chi connectivity index (χ2n) is 6.83. The lowest BCUT2D eigenvalue weighted by atomic mass is 9.83. The van der Waals surface area contributed by atoms with Crippen LogP contribution in [0.25, 0.3) is 0 Å². The van der Waals surface area contributed by atoms with Gasteiger partial charge < -0.3 is 15.2 Å². The third-order valence-electron chi connectivity index (χ3n) is 4.96. The molecule has 0 bridgehead atoms. The van der Waals surface area contributed by atoms with E-state index in [2.05, 4.69) is 19.9 Å². The topological polar surface area (TPSA) is 44.5 Å². The van der Waals surface area contributed by atoms with Crippen LogP contribution >= 0.6 is 0 Å². The lowest BCUT2D eigenvalue weighted by Crippen LogP contribution is -2.33. The highest BCUT2D eigenvalue weighted by atomic mass is 16.6. The van der Waals surface area contributed by atoms with E-state index in [1.165, 1.54) is 44.1 Å². The van der Waals surface area contributed by atoms with Crippen LogP contribution in [-0.4, -0.2) is 18.3 Å². The molecular weight excluding hydrogens is 262 g/mol. The Kier molecular flexibility index (Phi) is 4.12. The molecule has 1 unspecified atom stereocenters. The molecule has 1 saturated carbocycles. The summed E-state index contributed by atoms with van der Waals surface area (Å²) in [6.45, 7) is 4.73. The van der Waals surface area contributed by atoms with Gasteiger partial charge in [-0.25, -0.2) is 0 Å². The van der Waals surface area contributed by atoms with Gasteiger partial charge in [0.05, 0.1) is 17.4 Å². The highest BCUT2D eigenvalue weighted by Gasteiger charge is 2.40. The molecule has 1 saturated heterocycles. The molecule has 1 aromatic carbocycles. The van der Waals surface area contributed by atoms with Gasteiger partial charge in [0, 0.05) is 0 Å². The van der Waals surface area contributed by atoms with Gasteiger partial charge in [-0.3, -0.25) is 0 Å². The largest absolute Gasteiger partial charge is 0.488 e. The molecule has 1 atom stereocenters. The summed E-state index contributed by atoms with van der Waals surface area (Å²) in [6, 6.07) is 4.09. The van der Waals surface area contributed by atoms with E-state index >= 15 is 0 Å². The van der Waals surface area contributed by atoms with Crippen molar-refractivity contribution in [1.82, 2.24) is 0 Å². The summed E-state index contributed by atoms with van der Waals surface area (Å²) < 4.78 is 12.3. The molecule has 21 heavy (non-hydrogen) atoms. The van der Waals surface area contributed by atoms with Crippen molar-refractivity contribution >= 4 is 5.69 Å². The second kappa shape index (κ2) is 5.88. The standard InChI is InChI=1S/C18H27NO2/c1-13-10-14(2)17(16(19)11-13)20-12-15-6-9-18(21-15)7-4-3-5-8-18/h10-11,15H,3-9,12,19H2,1-2H3. The third-order valence-corrected chi connectivity index (χ3v) is 4.96. The van der Waals surface area contributed by atoms with Gasteiger partial charge in [0.2, 0.25) is 0 Å². The lowest BCUT2D eigenvalue weighted by molar-refractivity contribution is -0.0748. The third kappa shape index (κ3) is 3.18. The summed E-state index contributed by atoms with van der Waals surface area (Å²) in [5, 5.41) is 0. The molecule has 2 fully saturated rings. The van der Waals surface area contributed by atoms with E-state index in [-0.39, 0.29) is 11.7 Å². The van der Waals surface area contributed by atoms with Crippen molar-refractivity contribution in [2.24, 2.45) is 0 Å². The maximum atomic E-state index is 6.35. The SMILES string of the molecule is Cc1cc(C)c(OCC2CCC3(CCCCC3)O2)c(N)c1. The van der Waals surface area contributed by atoms with Crippen LogP contribution in [0.3, 0.4) is 0 Å². The second-order valence-corrected chi connectivity index (χ2v) is 6.83. The Morgan fingerprint density at radius 1 is 1.19 bits per heavy atom. The maximum Gasteiger partial charge on any atom is 0.145 e. The van der Waals surface area contributed by atoms with Gasteiger partial charge in [0.25, 0.3) is 0 Å². The van der Waals surface area contributed by atoms with Crippen molar-refractivity contribution in [3.05, 3.63) is 23.3 Å². The van der Waals surface area contributed by atoms with Gasteiger partial charge in [-0.05, 0) is 56.7 Å². The average molecular weight is 289 g/mol. The van der Waals surface area contributed by atoms with Gasteiger partial charge in [-0.15, -0.1) is 0 Å². The van der Waals surface area contributed by atoms with Gasteiger partial charge >= 0.3 is 0 Å². The number of nitrogen functional groups attached to an aromatic ring is 1. The molecule has 2 N–H and O–H groups in total. The first-order chi connectivity index (χ1) is 10.1. The Morgan fingerprint density at radius 2 is 1.95 bits per heavy atom. The fraction of sp³-hybridized carbons (Fsp3) is 0.667. The fourth-order valence-corrected chi connectivity index (χ4v) is 3.94. The monoisotopic (exact) mass is 289 g/mol. The minimum Gasteiger partial charge on any atom is -0.488 e. The molecule has 0 amide bonds. The van der Waals surface area contributed by atoms with Gasteiger partial charge in [0.15, 0.2) is 0 Å². The molecule has 1 spiro atoms. The summed E-state index contributed by atoms with van der Waals surface area (Å²) >= 11 is 0. The first kappa shape index (κ1) is 14.7. The Labute approximate surface area is 127 Å². The summed E-state index contributed by atoms with van der Waals surface area (Å²) in [7, 11) is 0. The molecule has 3 heteroatoms. The summed E-state index contributed by atoms with van der Waals surface area (Å²) in [5.74, 6) is 0.828. The molecule has 1 aromatic rings. The predicted molar refractivity (Wildman–Crippen MR) is 85.7 cm³/mol. The van der Waals surface area contributed by atoms with E-state index in [4.69, 9.17) is 15.2 Å². The molecule has 0 radical (unpaired) electrons. The molecule has 1 heterocycles. The molecule has 1 aliphatic carbocycles. The van der Waals surface area contributed by atoms with Gasteiger partial charge in [0.1, 0.15) is 12.4 Å². The number of hydrogen-bond donors (Lipinski definition) is 1. The number of rotatable bonds is 3. The number of anilines is 1. The van der Waals surface area contributed by atoms with Crippen molar-refractivity contribution in [3.63, 3.8) is 0 Å². The van der Waals surface area contributed by atoms with Crippen LogP contribution in [0.2, 0.25) is 0 Å². The van der Waals surface area contributed by atoms with Gasteiger partial charge in [-0.1, -0.05) is 25.3 Å². The molecule has 3 nitrogen and oxygen atoms in total. The van der Waals surface area contributed by atoms with Crippen molar-refractivity contribution in [1.29, 1.82) is 0 Å². The Morgan fingerprint density at radius 3 is 2.67 bits per heavy atom. The number of benzene rings is 1. The molecule has 0 aromatic heterocycles. The van der Waals surface area contributed by atoms with Crippen LogP contribution in [0.15, 0.2) is 12.1 Å². The zero-order chi connectivity index (χ0) is 14.9. The van der Waals surface area contributed by atoms with E-state index in [9.17, 15) is 0 Å². The quantitative estimate of drug-likeness (QED) is 0.850. The first-order valence-electron chi connectivity index (χ1n) is 8.25. The fourth-order valence-electron chi connectivity index (χ4n) is 3.94. The average Bonchev–Trinajstić information content (AvgIpc) is 2.81. The number of nitrogens with two attached hydrogens (primary N) is 1. The molecule has 116 valence electrons. The van der Waals surface area contributed by atoms with E-state index in [1.54, 1.807) is 0 Å². The number of hydrogen-bond acceptors (Lipinski definition) is 3. The molecule has 2 aliphatic rings. The zero-order valence-electron chi connectivity index (χ0n) is 13.3. The van der Waals surface area contributed by atoms with Crippen LogP contribution < -0.4 is 10.5 Å². The predicted octanol–water partition coefficient (Wildman–Crippen LogP) is 4.15. The number of aryl methyl sites for hydroxylation is 2. The first-order valence-corrected chi connectivity index (χ1v) is 8.25. The smallest absolute Gasteiger partial charge is 0.145 e. The van der Waals surface area contributed by atoms with E-state index in [0.29, 0.717) is 6.61 Å². The maximum absolute atomic E-state index is 6.35. The normalized spacial score (nSPS) is 24.4. The van der Waals surface area contributed by atoms with Crippen LogP contribution in [-0.2, 0) is 4.74 Å². The van der Waals surface area contributed by atoms with Crippen LogP contribution in [0.4, 0.5) is 5.69 Å². The van der Waals surface area contributed by atoms with Crippen molar-refractivity contribution < 1.29 is 9.47 Å². The van der Waals surface area contributed by atoms with E-state index < -0.39 is 0 Å². The highest BCUT2D eigenvalue weighted by Crippen LogP contribution is 2.42. The van der Waals surface area contributed by atoms with Crippen LogP contribution in [0.1, 0.15) is 56.1 Å². The van der Waals surface area contributed by atoms with Crippen molar-refractivity contribution in [2.45, 2.75) is 70.5 Å². The molecule has 1 aliphatic heterocycles. The van der Waals surface area contributed by atoms with Gasteiger partial charge in [-0.2, -0.15) is 0 Å². The van der Waals surface area contributed by atoms with Crippen LogP contribution in [0, 0.1) is 13.8 Å².